The van der Waals surface area contributed by atoms with Gasteiger partial charge in [-0.2, -0.15) is 0 Å². The lowest BCUT2D eigenvalue weighted by Crippen LogP contribution is -2.44. The number of nitrogens with one attached hydrogen (secondary N) is 2. The lowest BCUT2D eigenvalue weighted by atomic mass is 10.1. The first-order chi connectivity index (χ1) is 18.0. The standard InChI is InChI=1S/C28H40N4O5/c1-21(22-9-4-3-5-10-22)37-28(35)31-25(27(33)34)15-18-32(19-20-36-2)17-7-6-12-24-14-13-23-11-8-16-29-26(23)30-24/h3-5,9-10,13-14,21,25H,6-8,11-12,15-20H2,1-2H3,(H,29,30)(H,31,35)(H,33,34)/t21-,25+/m1/s1. The van der Waals surface area contributed by atoms with Gasteiger partial charge in [-0.1, -0.05) is 36.4 Å². The summed E-state index contributed by atoms with van der Waals surface area (Å²) in [7, 11) is 1.65. The predicted octanol–water partition coefficient (Wildman–Crippen LogP) is 4.04. The number of carboxylic acids is 1. The Morgan fingerprint density at radius 3 is 2.70 bits per heavy atom. The zero-order valence-corrected chi connectivity index (χ0v) is 21.9. The van der Waals surface area contributed by atoms with Crippen molar-refractivity contribution in [1.82, 2.24) is 15.2 Å². The first kappa shape index (κ1) is 28.4. The number of aryl methyl sites for hydroxylation is 2. The monoisotopic (exact) mass is 512 g/mol. The topological polar surface area (TPSA) is 113 Å². The van der Waals surface area contributed by atoms with Crippen LogP contribution in [-0.2, 0) is 27.1 Å². The van der Waals surface area contributed by atoms with Gasteiger partial charge >= 0.3 is 12.1 Å². The lowest BCUT2D eigenvalue weighted by molar-refractivity contribution is -0.139. The first-order valence-corrected chi connectivity index (χ1v) is 13.1. The Morgan fingerprint density at radius 2 is 1.95 bits per heavy atom. The smallest absolute Gasteiger partial charge is 0.408 e. The number of ether oxygens (including phenoxy) is 2. The van der Waals surface area contributed by atoms with E-state index in [0.717, 1.165) is 62.3 Å². The SMILES string of the molecule is COCCN(CCCCc1ccc2c(n1)NCCC2)CC[C@H](NC(=O)O[C@H](C)c1ccccc1)C(=O)O. The van der Waals surface area contributed by atoms with E-state index in [0.29, 0.717) is 19.7 Å². The summed E-state index contributed by atoms with van der Waals surface area (Å²) in [5.74, 6) is -0.0579. The Hall–Kier alpha value is -3.17. The second kappa shape index (κ2) is 15.2. The van der Waals surface area contributed by atoms with Crippen LogP contribution in [0.25, 0.3) is 0 Å². The summed E-state index contributed by atoms with van der Waals surface area (Å²) in [5, 5.41) is 15.6. The van der Waals surface area contributed by atoms with Crippen molar-refractivity contribution in [3.05, 3.63) is 59.3 Å². The van der Waals surface area contributed by atoms with E-state index in [1.165, 1.54) is 5.56 Å². The van der Waals surface area contributed by atoms with E-state index in [1.807, 2.05) is 30.3 Å². The molecule has 0 fully saturated rings. The number of nitrogens with zero attached hydrogens (tertiary/aromatic N) is 2. The number of aliphatic carboxylic acids is 1. The Bertz CT molecular complexity index is 988. The molecule has 1 amide bonds. The normalized spacial score (nSPS) is 14.4. The van der Waals surface area contributed by atoms with Crippen LogP contribution in [0.5, 0.6) is 0 Å². The maximum atomic E-state index is 12.4. The zero-order valence-electron chi connectivity index (χ0n) is 21.9. The number of anilines is 1. The number of carbonyl (C=O) groups excluding carboxylic acids is 1. The Balaban J connectivity index is 1.44. The fraction of sp³-hybridized carbons (Fsp3) is 0.536. The molecule has 1 aromatic heterocycles. The van der Waals surface area contributed by atoms with Gasteiger partial charge in [-0.05, 0) is 69.2 Å². The van der Waals surface area contributed by atoms with Gasteiger partial charge in [-0.25, -0.2) is 14.6 Å². The molecule has 3 N–H and O–H groups in total. The van der Waals surface area contributed by atoms with E-state index in [4.69, 9.17) is 14.5 Å². The number of rotatable bonds is 15. The van der Waals surface area contributed by atoms with E-state index < -0.39 is 24.2 Å². The minimum Gasteiger partial charge on any atom is -0.480 e. The van der Waals surface area contributed by atoms with Crippen LogP contribution in [0.15, 0.2) is 42.5 Å². The van der Waals surface area contributed by atoms with E-state index in [9.17, 15) is 14.7 Å². The fourth-order valence-electron chi connectivity index (χ4n) is 4.40. The summed E-state index contributed by atoms with van der Waals surface area (Å²) < 4.78 is 10.6. The fourth-order valence-corrected chi connectivity index (χ4v) is 4.40. The second-order valence-corrected chi connectivity index (χ2v) is 9.41. The quantitative estimate of drug-likeness (QED) is 0.307. The van der Waals surface area contributed by atoms with E-state index in [2.05, 4.69) is 27.7 Å². The third kappa shape index (κ3) is 9.66. The van der Waals surface area contributed by atoms with E-state index >= 15 is 0 Å². The number of hydrogen-bond acceptors (Lipinski definition) is 7. The number of benzene rings is 1. The average molecular weight is 513 g/mol. The lowest BCUT2D eigenvalue weighted by Gasteiger charge is -2.24. The van der Waals surface area contributed by atoms with Crippen LogP contribution in [0.1, 0.15) is 55.5 Å². The summed E-state index contributed by atoms with van der Waals surface area (Å²) >= 11 is 0. The molecule has 1 aliphatic heterocycles. The molecule has 2 aromatic rings. The zero-order chi connectivity index (χ0) is 26.5. The molecule has 9 heteroatoms. The highest BCUT2D eigenvalue weighted by atomic mass is 16.6. The van der Waals surface area contributed by atoms with Crippen LogP contribution in [0, 0.1) is 0 Å². The minimum atomic E-state index is -1.08. The molecular formula is C28H40N4O5. The van der Waals surface area contributed by atoms with Gasteiger partial charge < -0.3 is 30.1 Å². The van der Waals surface area contributed by atoms with Crippen LogP contribution in [0.3, 0.4) is 0 Å². The Morgan fingerprint density at radius 1 is 1.14 bits per heavy atom. The molecular weight excluding hydrogens is 472 g/mol. The molecule has 1 aromatic carbocycles. The first-order valence-electron chi connectivity index (χ1n) is 13.1. The van der Waals surface area contributed by atoms with Crippen LogP contribution < -0.4 is 10.6 Å². The number of alkyl carbamates (subject to hydrolysis) is 1. The number of hydrogen-bond donors (Lipinski definition) is 3. The molecule has 0 saturated carbocycles. The minimum absolute atomic E-state index is 0.270. The molecule has 3 rings (SSSR count). The number of aromatic nitrogens is 1. The largest absolute Gasteiger partial charge is 0.480 e. The van der Waals surface area contributed by atoms with Gasteiger partial charge in [-0.15, -0.1) is 0 Å². The van der Waals surface area contributed by atoms with Gasteiger partial charge in [0.1, 0.15) is 18.0 Å². The summed E-state index contributed by atoms with van der Waals surface area (Å²) in [6, 6.07) is 12.6. The molecule has 0 spiro atoms. The number of pyridine rings is 1. The van der Waals surface area contributed by atoms with Crippen LogP contribution in [0.4, 0.5) is 10.6 Å². The van der Waals surface area contributed by atoms with Gasteiger partial charge in [0, 0.05) is 32.4 Å². The Labute approximate surface area is 219 Å². The highest BCUT2D eigenvalue weighted by molar-refractivity contribution is 5.79. The molecule has 2 atom stereocenters. The third-order valence-corrected chi connectivity index (χ3v) is 6.60. The van der Waals surface area contributed by atoms with Crippen molar-refractivity contribution in [3.8, 4) is 0 Å². The van der Waals surface area contributed by atoms with Gasteiger partial charge in [0.15, 0.2) is 0 Å². The highest BCUT2D eigenvalue weighted by Crippen LogP contribution is 2.20. The summed E-state index contributed by atoms with van der Waals surface area (Å²) in [5.41, 5.74) is 3.23. The summed E-state index contributed by atoms with van der Waals surface area (Å²) in [4.78, 5) is 31.1. The van der Waals surface area contributed by atoms with E-state index in [1.54, 1.807) is 14.0 Å². The average Bonchev–Trinajstić information content (AvgIpc) is 2.91. The molecule has 0 aliphatic carbocycles. The number of fused-ring (bicyclic) bond motifs is 1. The van der Waals surface area contributed by atoms with Crippen molar-refractivity contribution in [3.63, 3.8) is 0 Å². The number of methoxy groups -OCH3 is 1. The van der Waals surface area contributed by atoms with Gasteiger partial charge in [-0.3, -0.25) is 0 Å². The molecule has 9 nitrogen and oxygen atoms in total. The van der Waals surface area contributed by atoms with Crippen molar-refractivity contribution in [2.24, 2.45) is 0 Å². The van der Waals surface area contributed by atoms with Crippen LogP contribution in [0.2, 0.25) is 0 Å². The molecule has 0 bridgehead atoms. The maximum Gasteiger partial charge on any atom is 0.408 e. The number of unbranched alkanes of at least 4 members (excludes halogenated alkanes) is 1. The maximum absolute atomic E-state index is 12.4. The molecule has 202 valence electrons. The van der Waals surface area contributed by atoms with Gasteiger partial charge in [0.2, 0.25) is 0 Å². The summed E-state index contributed by atoms with van der Waals surface area (Å²) in [6.45, 7) is 5.32. The predicted molar refractivity (Wildman–Crippen MR) is 143 cm³/mol. The van der Waals surface area contributed by atoms with Crippen LogP contribution in [-0.4, -0.2) is 73.0 Å². The number of amides is 1. The van der Waals surface area contributed by atoms with Crippen molar-refractivity contribution in [2.75, 3.05) is 45.2 Å². The third-order valence-electron chi connectivity index (χ3n) is 6.60. The molecule has 37 heavy (non-hydrogen) atoms. The molecule has 0 unspecified atom stereocenters. The summed E-state index contributed by atoms with van der Waals surface area (Å²) in [6.07, 6.45) is 4.13. The number of carboxylic acid groups (broad SMARTS) is 1. The molecule has 0 radical (unpaired) electrons. The van der Waals surface area contributed by atoms with Crippen molar-refractivity contribution >= 4 is 17.9 Å². The van der Waals surface area contributed by atoms with E-state index in [-0.39, 0.29) is 6.42 Å². The van der Waals surface area contributed by atoms with Gasteiger partial charge in [0.05, 0.1) is 6.61 Å². The van der Waals surface area contributed by atoms with Crippen molar-refractivity contribution < 1.29 is 24.2 Å². The number of carbonyl (C=O) groups is 2. The molecule has 1 aliphatic rings. The molecule has 0 saturated heterocycles. The highest BCUT2D eigenvalue weighted by Gasteiger charge is 2.23. The van der Waals surface area contributed by atoms with Gasteiger partial charge in [0.25, 0.3) is 0 Å². The van der Waals surface area contributed by atoms with Crippen LogP contribution >= 0.6 is 0 Å². The van der Waals surface area contributed by atoms with Crippen molar-refractivity contribution in [2.45, 2.75) is 57.6 Å². The van der Waals surface area contributed by atoms with Crippen molar-refractivity contribution in [1.29, 1.82) is 0 Å². The molecule has 2 heterocycles. The second-order valence-electron chi connectivity index (χ2n) is 9.41. The Kier molecular flexibility index (Phi) is 11.6.